The Kier molecular flexibility index (Phi) is 4.22. The molecule has 0 radical (unpaired) electrons. The van der Waals surface area contributed by atoms with Crippen molar-refractivity contribution in [1.29, 1.82) is 0 Å². The number of benzene rings is 1. The molecule has 0 fully saturated rings. The van der Waals surface area contributed by atoms with Gasteiger partial charge in [-0.15, -0.1) is 0 Å². The van der Waals surface area contributed by atoms with Gasteiger partial charge in [-0.2, -0.15) is 4.98 Å². The van der Waals surface area contributed by atoms with Crippen molar-refractivity contribution in [3.05, 3.63) is 41.5 Å². The Morgan fingerprint density at radius 1 is 1.33 bits per heavy atom. The van der Waals surface area contributed by atoms with Gasteiger partial charge in [0.25, 0.3) is 5.91 Å². The molecule has 1 aromatic carbocycles. The minimum absolute atomic E-state index is 0.131. The molecular weight excluding hydrogens is 298 g/mol. The van der Waals surface area contributed by atoms with Crippen LogP contribution >= 0.6 is 0 Å². The summed E-state index contributed by atoms with van der Waals surface area (Å²) in [5.74, 6) is 0.652. The number of carbonyl (C=O) groups excluding carboxylic acids is 1. The highest BCUT2D eigenvalue weighted by molar-refractivity contribution is 7.89. The molecule has 8 nitrogen and oxygen atoms in total. The summed E-state index contributed by atoms with van der Waals surface area (Å²) in [6, 6.07) is 6.00. The van der Waals surface area contributed by atoms with E-state index in [0.717, 1.165) is 6.26 Å². The second kappa shape index (κ2) is 5.92. The Bertz CT molecular complexity index is 737. The van der Waals surface area contributed by atoms with Gasteiger partial charge >= 0.3 is 0 Å². The SMILES string of the molecule is Cc1nc(COc2ccc(C(=O)NS(C)(=O)=O)cc2)no1. The number of amides is 1. The quantitative estimate of drug-likeness (QED) is 0.862. The van der Waals surface area contributed by atoms with Gasteiger partial charge in [0, 0.05) is 12.5 Å². The number of rotatable bonds is 5. The smallest absolute Gasteiger partial charge is 0.264 e. The third-order valence-corrected chi connectivity index (χ3v) is 2.89. The number of hydrogen-bond acceptors (Lipinski definition) is 7. The number of aryl methyl sites for hydroxylation is 1. The fourth-order valence-corrected chi connectivity index (χ4v) is 1.93. The predicted molar refractivity (Wildman–Crippen MR) is 72.1 cm³/mol. The summed E-state index contributed by atoms with van der Waals surface area (Å²) < 4.78 is 34.0. The molecule has 0 unspecified atom stereocenters. The van der Waals surface area contributed by atoms with E-state index in [4.69, 9.17) is 9.26 Å². The van der Waals surface area contributed by atoms with Crippen LogP contribution in [0.5, 0.6) is 5.75 Å². The van der Waals surface area contributed by atoms with Crippen LogP contribution in [0.15, 0.2) is 28.8 Å². The lowest BCUT2D eigenvalue weighted by Gasteiger charge is -2.05. The molecule has 21 heavy (non-hydrogen) atoms. The summed E-state index contributed by atoms with van der Waals surface area (Å²) in [4.78, 5) is 15.6. The van der Waals surface area contributed by atoms with Crippen molar-refractivity contribution in [1.82, 2.24) is 14.9 Å². The van der Waals surface area contributed by atoms with E-state index in [1.165, 1.54) is 12.1 Å². The van der Waals surface area contributed by atoms with E-state index in [9.17, 15) is 13.2 Å². The number of carbonyl (C=O) groups is 1. The molecule has 0 atom stereocenters. The minimum Gasteiger partial charge on any atom is -0.485 e. The molecule has 0 saturated heterocycles. The van der Waals surface area contributed by atoms with Crippen molar-refractivity contribution < 1.29 is 22.5 Å². The van der Waals surface area contributed by atoms with Gasteiger partial charge in [0.15, 0.2) is 6.61 Å². The molecule has 0 aliphatic carbocycles. The predicted octanol–water partition coefficient (Wildman–Crippen LogP) is 0.646. The Morgan fingerprint density at radius 2 is 2.00 bits per heavy atom. The standard InChI is InChI=1S/C12H13N3O5S/c1-8-13-11(14-20-8)7-19-10-5-3-9(4-6-10)12(16)15-21(2,17)18/h3-6H,7H2,1-2H3,(H,15,16). The largest absolute Gasteiger partial charge is 0.485 e. The van der Waals surface area contributed by atoms with Crippen LogP contribution in [0.25, 0.3) is 0 Å². The highest BCUT2D eigenvalue weighted by Crippen LogP contribution is 2.13. The molecule has 1 amide bonds. The molecule has 0 aliphatic heterocycles. The lowest BCUT2D eigenvalue weighted by molar-refractivity contribution is 0.0981. The summed E-state index contributed by atoms with van der Waals surface area (Å²) in [6.07, 6.45) is 0.912. The minimum atomic E-state index is -3.58. The van der Waals surface area contributed by atoms with Crippen molar-refractivity contribution in [2.45, 2.75) is 13.5 Å². The zero-order valence-electron chi connectivity index (χ0n) is 11.4. The van der Waals surface area contributed by atoms with Crippen LogP contribution < -0.4 is 9.46 Å². The van der Waals surface area contributed by atoms with Crippen LogP contribution in [0.3, 0.4) is 0 Å². The third-order valence-electron chi connectivity index (χ3n) is 2.33. The van der Waals surface area contributed by atoms with Gasteiger partial charge < -0.3 is 9.26 Å². The first kappa shape index (κ1) is 15.0. The van der Waals surface area contributed by atoms with Crippen molar-refractivity contribution in [3.63, 3.8) is 0 Å². The molecule has 0 saturated carbocycles. The van der Waals surface area contributed by atoms with E-state index < -0.39 is 15.9 Å². The van der Waals surface area contributed by atoms with E-state index in [1.54, 1.807) is 19.1 Å². The highest BCUT2D eigenvalue weighted by Gasteiger charge is 2.11. The maximum atomic E-state index is 11.6. The monoisotopic (exact) mass is 311 g/mol. The first-order valence-corrected chi connectivity index (χ1v) is 7.77. The molecule has 112 valence electrons. The van der Waals surface area contributed by atoms with E-state index in [0.29, 0.717) is 17.5 Å². The fraction of sp³-hybridized carbons (Fsp3) is 0.250. The molecule has 0 aliphatic rings. The number of nitrogens with one attached hydrogen (secondary N) is 1. The number of ether oxygens (including phenoxy) is 1. The maximum Gasteiger partial charge on any atom is 0.264 e. The van der Waals surface area contributed by atoms with Gasteiger partial charge in [0.1, 0.15) is 5.75 Å². The van der Waals surface area contributed by atoms with Crippen molar-refractivity contribution in [2.24, 2.45) is 0 Å². The van der Waals surface area contributed by atoms with Gasteiger partial charge in [-0.1, -0.05) is 5.16 Å². The lowest BCUT2D eigenvalue weighted by Crippen LogP contribution is -2.29. The highest BCUT2D eigenvalue weighted by atomic mass is 32.2. The number of aromatic nitrogens is 2. The Balaban J connectivity index is 1.97. The summed E-state index contributed by atoms with van der Waals surface area (Å²) in [5.41, 5.74) is 0.211. The van der Waals surface area contributed by atoms with Crippen LogP contribution in [0.4, 0.5) is 0 Å². The van der Waals surface area contributed by atoms with Crippen LogP contribution in [0, 0.1) is 6.92 Å². The zero-order valence-corrected chi connectivity index (χ0v) is 12.2. The Hall–Kier alpha value is -2.42. The topological polar surface area (TPSA) is 111 Å². The first-order valence-electron chi connectivity index (χ1n) is 5.88. The molecular formula is C12H13N3O5S. The third kappa shape index (κ3) is 4.56. The summed E-state index contributed by atoms with van der Waals surface area (Å²) in [5, 5.41) is 3.68. The van der Waals surface area contributed by atoms with Gasteiger partial charge in [-0.05, 0) is 24.3 Å². The van der Waals surface area contributed by atoms with Crippen molar-refractivity contribution in [3.8, 4) is 5.75 Å². The van der Waals surface area contributed by atoms with Crippen LogP contribution in [0.1, 0.15) is 22.1 Å². The van der Waals surface area contributed by atoms with E-state index in [2.05, 4.69) is 10.1 Å². The number of hydrogen-bond donors (Lipinski definition) is 1. The normalized spacial score (nSPS) is 11.1. The van der Waals surface area contributed by atoms with Crippen LogP contribution in [-0.2, 0) is 16.6 Å². The average Bonchev–Trinajstić information content (AvgIpc) is 2.81. The first-order chi connectivity index (χ1) is 9.83. The molecule has 0 bridgehead atoms. The van der Waals surface area contributed by atoms with Gasteiger partial charge in [0.05, 0.1) is 6.26 Å². The summed E-state index contributed by atoms with van der Waals surface area (Å²) >= 11 is 0. The summed E-state index contributed by atoms with van der Waals surface area (Å²) in [6.45, 7) is 1.80. The van der Waals surface area contributed by atoms with E-state index in [-0.39, 0.29) is 12.2 Å². The summed E-state index contributed by atoms with van der Waals surface area (Å²) in [7, 11) is -3.58. The lowest BCUT2D eigenvalue weighted by atomic mass is 10.2. The molecule has 2 aromatic rings. The van der Waals surface area contributed by atoms with Crippen molar-refractivity contribution >= 4 is 15.9 Å². The number of nitrogens with zero attached hydrogens (tertiary/aromatic N) is 2. The van der Waals surface area contributed by atoms with E-state index in [1.807, 2.05) is 4.72 Å². The van der Waals surface area contributed by atoms with Crippen LogP contribution in [-0.4, -0.2) is 30.7 Å². The van der Waals surface area contributed by atoms with Gasteiger partial charge in [-0.3, -0.25) is 4.79 Å². The Morgan fingerprint density at radius 3 is 2.52 bits per heavy atom. The van der Waals surface area contributed by atoms with Crippen LogP contribution in [0.2, 0.25) is 0 Å². The molecule has 1 heterocycles. The molecule has 1 aromatic heterocycles. The van der Waals surface area contributed by atoms with E-state index >= 15 is 0 Å². The molecule has 1 N–H and O–H groups in total. The van der Waals surface area contributed by atoms with Gasteiger partial charge in [0.2, 0.25) is 21.7 Å². The van der Waals surface area contributed by atoms with Crippen molar-refractivity contribution in [2.75, 3.05) is 6.26 Å². The second-order valence-corrected chi connectivity index (χ2v) is 5.99. The van der Waals surface area contributed by atoms with Gasteiger partial charge in [-0.25, -0.2) is 13.1 Å². The Labute approximate surface area is 121 Å². The molecule has 0 spiro atoms. The molecule has 9 heteroatoms. The zero-order chi connectivity index (χ0) is 15.5. The average molecular weight is 311 g/mol. The number of sulfonamides is 1. The maximum absolute atomic E-state index is 11.6. The molecule has 2 rings (SSSR count). The fourth-order valence-electron chi connectivity index (χ4n) is 1.48. The second-order valence-electron chi connectivity index (χ2n) is 4.25.